The van der Waals surface area contributed by atoms with Gasteiger partial charge in [0.1, 0.15) is 11.2 Å². The number of carbonyl (C=O) groups excluding carboxylic acids is 1. The summed E-state index contributed by atoms with van der Waals surface area (Å²) in [6, 6.07) is 24.0. The molecule has 0 saturated carbocycles. The van der Waals surface area contributed by atoms with Crippen molar-refractivity contribution in [3.8, 4) is 0 Å². The number of carbonyl (C=O) groups is 1. The Morgan fingerprint density at radius 1 is 0.941 bits per heavy atom. The maximum Gasteiger partial charge on any atom is 0.259 e. The number of aromatic nitrogens is 3. The highest BCUT2D eigenvalue weighted by Crippen LogP contribution is 2.47. The molecule has 0 bridgehead atoms. The molecule has 5 aromatic rings. The molecule has 2 aromatic heterocycles. The Kier molecular flexibility index (Phi) is 5.07. The number of hydrogen-bond donors (Lipinski definition) is 2. The average Bonchev–Trinajstić information content (AvgIpc) is 3.30. The minimum Gasteiger partial charge on any atom is -0.352 e. The first kappa shape index (κ1) is 20.6. The molecule has 0 unspecified atom stereocenters. The van der Waals surface area contributed by atoms with Gasteiger partial charge in [0.15, 0.2) is 0 Å². The maximum atomic E-state index is 12.9. The third kappa shape index (κ3) is 3.43. The number of nitrogens with one attached hydrogen (secondary N) is 2. The van der Waals surface area contributed by atoms with Gasteiger partial charge in [-0.3, -0.25) is 9.59 Å². The highest BCUT2D eigenvalue weighted by molar-refractivity contribution is 7.99. The van der Waals surface area contributed by atoms with Gasteiger partial charge in [0.2, 0.25) is 0 Å². The summed E-state index contributed by atoms with van der Waals surface area (Å²) in [5, 5.41) is 7.85. The van der Waals surface area contributed by atoms with Crippen molar-refractivity contribution in [2.24, 2.45) is 0 Å². The van der Waals surface area contributed by atoms with E-state index in [0.717, 1.165) is 13.0 Å². The summed E-state index contributed by atoms with van der Waals surface area (Å²) >= 11 is 1.78. The van der Waals surface area contributed by atoms with Crippen LogP contribution in [0, 0.1) is 0 Å². The molecule has 3 aromatic carbocycles. The average molecular weight is 468 g/mol. The molecule has 1 amide bonds. The normalized spacial score (nSPS) is 12.5. The van der Waals surface area contributed by atoms with Crippen LogP contribution in [0.15, 0.2) is 93.6 Å². The first-order valence-corrected chi connectivity index (χ1v) is 11.9. The Bertz CT molecular complexity index is 1560. The van der Waals surface area contributed by atoms with Crippen molar-refractivity contribution >= 4 is 45.6 Å². The third-order valence-electron chi connectivity index (χ3n) is 6.00. The molecule has 0 fully saturated rings. The van der Waals surface area contributed by atoms with Gasteiger partial charge in [-0.15, -0.1) is 0 Å². The SMILES string of the molecule is O=C(NCCCN1c2ccccc2Sc2ccccc21)c1cnn2c1[nH]c(=O)c1ccccc12. The van der Waals surface area contributed by atoms with Gasteiger partial charge in [0.05, 0.1) is 28.5 Å². The van der Waals surface area contributed by atoms with Crippen molar-refractivity contribution in [1.29, 1.82) is 0 Å². The Labute approximate surface area is 199 Å². The fourth-order valence-electron chi connectivity index (χ4n) is 4.40. The molecule has 2 N–H and O–H groups in total. The van der Waals surface area contributed by atoms with Crippen LogP contribution >= 0.6 is 11.8 Å². The van der Waals surface area contributed by atoms with Crippen LogP contribution in [0.5, 0.6) is 0 Å². The Morgan fingerprint density at radius 3 is 2.38 bits per heavy atom. The molecule has 0 saturated heterocycles. The smallest absolute Gasteiger partial charge is 0.259 e. The largest absolute Gasteiger partial charge is 0.352 e. The van der Waals surface area contributed by atoms with Crippen LogP contribution in [-0.4, -0.2) is 33.6 Å². The zero-order valence-electron chi connectivity index (χ0n) is 18.2. The second-order valence-corrected chi connectivity index (χ2v) is 9.17. The number of hydrogen-bond acceptors (Lipinski definition) is 5. The summed E-state index contributed by atoms with van der Waals surface area (Å²) in [7, 11) is 0. The fourth-order valence-corrected chi connectivity index (χ4v) is 5.49. The van der Waals surface area contributed by atoms with Crippen LogP contribution < -0.4 is 15.8 Å². The molecule has 0 atom stereocenters. The molecule has 0 aliphatic carbocycles. The van der Waals surface area contributed by atoms with E-state index in [1.165, 1.54) is 27.4 Å². The van der Waals surface area contributed by atoms with E-state index in [1.54, 1.807) is 28.4 Å². The number of benzene rings is 3. The molecule has 8 heteroatoms. The highest BCUT2D eigenvalue weighted by Gasteiger charge is 2.22. The summed E-state index contributed by atoms with van der Waals surface area (Å²) in [6.07, 6.45) is 2.26. The molecule has 6 rings (SSSR count). The molecule has 3 heterocycles. The Balaban J connectivity index is 1.18. The number of H-pyrrole nitrogens is 1. The van der Waals surface area contributed by atoms with Gasteiger partial charge in [0, 0.05) is 22.9 Å². The number of nitrogens with zero attached hydrogens (tertiary/aromatic N) is 3. The van der Waals surface area contributed by atoms with Gasteiger partial charge in [-0.1, -0.05) is 48.2 Å². The van der Waals surface area contributed by atoms with E-state index in [0.29, 0.717) is 28.7 Å². The summed E-state index contributed by atoms with van der Waals surface area (Å²) in [5.41, 5.74) is 3.55. The minimum atomic E-state index is -0.254. The van der Waals surface area contributed by atoms with Crippen LogP contribution in [0.25, 0.3) is 16.6 Å². The first-order valence-electron chi connectivity index (χ1n) is 11.1. The second kappa shape index (κ2) is 8.39. The van der Waals surface area contributed by atoms with Gasteiger partial charge in [-0.25, -0.2) is 4.52 Å². The molecular weight excluding hydrogens is 446 g/mol. The van der Waals surface area contributed by atoms with Crippen molar-refractivity contribution in [3.05, 3.63) is 94.9 Å². The van der Waals surface area contributed by atoms with Gasteiger partial charge in [-0.05, 0) is 42.8 Å². The molecule has 7 nitrogen and oxygen atoms in total. The topological polar surface area (TPSA) is 82.5 Å². The molecule has 1 aliphatic heterocycles. The number of fused-ring (bicyclic) bond motifs is 5. The van der Waals surface area contributed by atoms with Crippen LogP contribution in [0.2, 0.25) is 0 Å². The number of anilines is 2. The fraction of sp³-hybridized carbons (Fsp3) is 0.115. The summed E-state index contributed by atoms with van der Waals surface area (Å²) in [5.74, 6) is -0.254. The van der Waals surface area contributed by atoms with E-state index >= 15 is 0 Å². The van der Waals surface area contributed by atoms with Crippen molar-refractivity contribution in [2.75, 3.05) is 18.0 Å². The predicted octanol–water partition coefficient (Wildman–Crippen LogP) is 4.60. The van der Waals surface area contributed by atoms with Crippen LogP contribution in [0.4, 0.5) is 11.4 Å². The monoisotopic (exact) mass is 467 g/mol. The van der Waals surface area contributed by atoms with E-state index in [9.17, 15) is 9.59 Å². The molecule has 34 heavy (non-hydrogen) atoms. The zero-order chi connectivity index (χ0) is 23.1. The summed E-state index contributed by atoms with van der Waals surface area (Å²) < 4.78 is 1.60. The molecule has 1 aliphatic rings. The van der Waals surface area contributed by atoms with Crippen LogP contribution in [0.1, 0.15) is 16.8 Å². The second-order valence-electron chi connectivity index (χ2n) is 8.09. The molecule has 0 radical (unpaired) electrons. The molecular formula is C26H21N5O2S. The quantitative estimate of drug-likeness (QED) is 0.369. The third-order valence-corrected chi connectivity index (χ3v) is 7.13. The van der Waals surface area contributed by atoms with E-state index in [1.807, 2.05) is 12.1 Å². The van der Waals surface area contributed by atoms with Crippen molar-refractivity contribution < 1.29 is 4.79 Å². The maximum absolute atomic E-state index is 12.9. The van der Waals surface area contributed by atoms with Gasteiger partial charge >= 0.3 is 0 Å². The van der Waals surface area contributed by atoms with Crippen molar-refractivity contribution in [2.45, 2.75) is 16.2 Å². The highest BCUT2D eigenvalue weighted by atomic mass is 32.2. The first-order chi connectivity index (χ1) is 16.7. The molecule has 168 valence electrons. The van der Waals surface area contributed by atoms with Gasteiger partial charge < -0.3 is 15.2 Å². The lowest BCUT2D eigenvalue weighted by atomic mass is 10.2. The summed E-state index contributed by atoms with van der Waals surface area (Å²) in [6.45, 7) is 1.27. The van der Waals surface area contributed by atoms with Crippen molar-refractivity contribution in [1.82, 2.24) is 19.9 Å². The summed E-state index contributed by atoms with van der Waals surface area (Å²) in [4.78, 5) is 32.9. The van der Waals surface area contributed by atoms with Crippen molar-refractivity contribution in [3.63, 3.8) is 0 Å². The van der Waals surface area contributed by atoms with Crippen LogP contribution in [-0.2, 0) is 0 Å². The Hall–Kier alpha value is -4.04. The van der Waals surface area contributed by atoms with Crippen LogP contribution in [0.3, 0.4) is 0 Å². The van der Waals surface area contributed by atoms with Gasteiger partial charge in [0.25, 0.3) is 11.5 Å². The molecule has 0 spiro atoms. The van der Waals surface area contributed by atoms with Gasteiger partial charge in [-0.2, -0.15) is 5.10 Å². The van der Waals surface area contributed by atoms with E-state index in [2.05, 4.69) is 68.8 Å². The van der Waals surface area contributed by atoms with E-state index in [4.69, 9.17) is 0 Å². The van der Waals surface area contributed by atoms with E-state index < -0.39 is 0 Å². The lowest BCUT2D eigenvalue weighted by Gasteiger charge is -2.32. The lowest BCUT2D eigenvalue weighted by molar-refractivity contribution is 0.0955. The predicted molar refractivity (Wildman–Crippen MR) is 134 cm³/mol. The number of rotatable bonds is 5. The lowest BCUT2D eigenvalue weighted by Crippen LogP contribution is -2.29. The minimum absolute atomic E-state index is 0.238. The number of amides is 1. The van der Waals surface area contributed by atoms with E-state index in [-0.39, 0.29) is 11.5 Å². The standard InChI is InChI=1S/C26H21N5O2S/c32-25(18-16-28-31-19-9-2-1-8-17(19)26(33)29-24(18)31)27-14-7-15-30-20-10-3-5-12-22(20)34-23-13-6-4-11-21(23)30/h1-6,8-13,16H,7,14-15H2,(H,27,32)(H,29,33). The number of para-hydroxylation sites is 3. The number of aromatic amines is 1. The Morgan fingerprint density at radius 2 is 1.62 bits per heavy atom. The zero-order valence-corrected chi connectivity index (χ0v) is 19.0.